The molecule has 0 saturated carbocycles. The topological polar surface area (TPSA) is 12.5 Å². The first kappa shape index (κ1) is 10.0. The highest BCUT2D eigenvalue weighted by molar-refractivity contribution is 4.66. The minimum absolute atomic E-state index is 0.892. The van der Waals surface area contributed by atoms with Crippen molar-refractivity contribution in [2.24, 2.45) is 5.92 Å². The summed E-state index contributed by atoms with van der Waals surface area (Å²) >= 11 is 0. The van der Waals surface area contributed by atoms with Crippen molar-refractivity contribution in [3.63, 3.8) is 0 Å². The van der Waals surface area contributed by atoms with Gasteiger partial charge in [0.2, 0.25) is 0 Å². The van der Waals surface area contributed by atoms with Crippen molar-refractivity contribution in [3.8, 4) is 0 Å². The van der Waals surface area contributed by atoms with Gasteiger partial charge in [0.15, 0.2) is 0 Å². The Morgan fingerprint density at radius 1 is 1.17 bits per heavy atom. The molecule has 0 aromatic heterocycles. The van der Waals surface area contributed by atoms with Gasteiger partial charge in [0, 0.05) is 19.6 Å². The van der Waals surface area contributed by atoms with Crippen LogP contribution in [0.25, 0.3) is 0 Å². The van der Waals surface area contributed by atoms with Crippen LogP contribution in [0.15, 0.2) is 0 Å². The molecule has 0 aliphatic carbocycles. The highest BCUT2D eigenvalue weighted by atomic mass is 16.5. The van der Waals surface area contributed by atoms with E-state index in [0.717, 1.165) is 32.2 Å². The Kier molecular flexibility index (Phi) is 4.62. The lowest BCUT2D eigenvalue weighted by Crippen LogP contribution is -2.39. The quantitative estimate of drug-likeness (QED) is 0.639. The van der Waals surface area contributed by atoms with Crippen LogP contribution in [-0.4, -0.2) is 37.7 Å². The zero-order chi connectivity index (χ0) is 8.81. The fourth-order valence-corrected chi connectivity index (χ4v) is 1.70. The number of nitrogens with zero attached hydrogens (tertiary/aromatic N) is 1. The van der Waals surface area contributed by atoms with Crippen LogP contribution in [0, 0.1) is 5.92 Å². The summed E-state index contributed by atoms with van der Waals surface area (Å²) < 4.78 is 5.31. The average molecular weight is 171 g/mol. The summed E-state index contributed by atoms with van der Waals surface area (Å²) in [6.45, 7) is 9.98. The molecule has 1 aliphatic rings. The van der Waals surface area contributed by atoms with Crippen LogP contribution < -0.4 is 0 Å². The summed E-state index contributed by atoms with van der Waals surface area (Å²) in [5, 5.41) is 0. The fraction of sp³-hybridized carbons (Fsp3) is 1.00. The maximum atomic E-state index is 5.31. The third kappa shape index (κ3) is 3.11. The minimum Gasteiger partial charge on any atom is -0.379 e. The lowest BCUT2D eigenvalue weighted by atomic mass is 10.0. The van der Waals surface area contributed by atoms with Crippen LogP contribution in [0.4, 0.5) is 0 Å². The van der Waals surface area contributed by atoms with E-state index >= 15 is 0 Å². The first-order chi connectivity index (χ1) is 5.86. The maximum absolute atomic E-state index is 5.31. The third-order valence-corrected chi connectivity index (χ3v) is 2.77. The number of hydrogen-bond donors (Lipinski definition) is 0. The Hall–Kier alpha value is -0.0800. The predicted octanol–water partition coefficient (Wildman–Crippen LogP) is 1.75. The fourth-order valence-electron chi connectivity index (χ4n) is 1.70. The number of hydrogen-bond acceptors (Lipinski definition) is 2. The van der Waals surface area contributed by atoms with Crippen LogP contribution in [0.5, 0.6) is 0 Å². The summed E-state index contributed by atoms with van der Waals surface area (Å²) in [5.74, 6) is 0.892. The predicted molar refractivity (Wildman–Crippen MR) is 51.3 cm³/mol. The molecule has 72 valence electrons. The minimum atomic E-state index is 0.892. The first-order valence-electron chi connectivity index (χ1n) is 5.16. The Morgan fingerprint density at radius 2 is 1.75 bits per heavy atom. The maximum Gasteiger partial charge on any atom is 0.0594 e. The summed E-state index contributed by atoms with van der Waals surface area (Å²) in [4.78, 5) is 2.53. The van der Waals surface area contributed by atoms with Crippen LogP contribution in [0.2, 0.25) is 0 Å². The van der Waals surface area contributed by atoms with E-state index in [2.05, 4.69) is 18.7 Å². The molecule has 1 heterocycles. The molecular weight excluding hydrogens is 150 g/mol. The second-order valence-electron chi connectivity index (χ2n) is 3.60. The molecular formula is C10H21NO. The lowest BCUT2D eigenvalue weighted by molar-refractivity contribution is 0.0301. The van der Waals surface area contributed by atoms with E-state index in [1.807, 2.05) is 0 Å². The van der Waals surface area contributed by atoms with Gasteiger partial charge in [-0.05, 0) is 5.92 Å². The Bertz CT molecular complexity index is 106. The second-order valence-corrected chi connectivity index (χ2v) is 3.60. The molecule has 0 aromatic rings. The molecule has 1 fully saturated rings. The van der Waals surface area contributed by atoms with Crippen molar-refractivity contribution >= 4 is 0 Å². The van der Waals surface area contributed by atoms with Crippen molar-refractivity contribution in [2.45, 2.75) is 26.7 Å². The highest BCUT2D eigenvalue weighted by Crippen LogP contribution is 2.10. The summed E-state index contributed by atoms with van der Waals surface area (Å²) in [6, 6.07) is 0. The van der Waals surface area contributed by atoms with E-state index in [-0.39, 0.29) is 0 Å². The number of ether oxygens (including phenoxy) is 1. The second kappa shape index (κ2) is 5.55. The third-order valence-electron chi connectivity index (χ3n) is 2.77. The van der Waals surface area contributed by atoms with Crippen molar-refractivity contribution < 1.29 is 4.74 Å². The van der Waals surface area contributed by atoms with Crippen molar-refractivity contribution in [1.82, 2.24) is 4.90 Å². The van der Waals surface area contributed by atoms with Gasteiger partial charge in [-0.3, -0.25) is 4.90 Å². The highest BCUT2D eigenvalue weighted by Gasteiger charge is 2.13. The summed E-state index contributed by atoms with van der Waals surface area (Å²) in [6.07, 6.45) is 2.63. The smallest absolute Gasteiger partial charge is 0.0594 e. The lowest BCUT2D eigenvalue weighted by Gasteiger charge is -2.29. The molecule has 12 heavy (non-hydrogen) atoms. The van der Waals surface area contributed by atoms with E-state index in [4.69, 9.17) is 4.74 Å². The standard InChI is InChI=1S/C10H21NO/c1-3-10(4-2)9-11-5-7-12-8-6-11/h10H,3-9H2,1-2H3. The largest absolute Gasteiger partial charge is 0.379 e. The van der Waals surface area contributed by atoms with Crippen molar-refractivity contribution in [2.75, 3.05) is 32.8 Å². The van der Waals surface area contributed by atoms with E-state index in [9.17, 15) is 0 Å². The molecule has 0 aromatic carbocycles. The molecule has 1 aliphatic heterocycles. The van der Waals surface area contributed by atoms with Crippen molar-refractivity contribution in [1.29, 1.82) is 0 Å². The van der Waals surface area contributed by atoms with Gasteiger partial charge in [-0.1, -0.05) is 26.7 Å². The SMILES string of the molecule is CCC(CC)CN1CCOCC1. The summed E-state index contributed by atoms with van der Waals surface area (Å²) in [5.41, 5.74) is 0. The van der Waals surface area contributed by atoms with Gasteiger partial charge in [-0.15, -0.1) is 0 Å². The first-order valence-corrected chi connectivity index (χ1v) is 5.16. The van der Waals surface area contributed by atoms with E-state index in [0.29, 0.717) is 0 Å². The molecule has 0 atom stereocenters. The molecule has 0 radical (unpaired) electrons. The number of rotatable bonds is 4. The Balaban J connectivity index is 2.18. The van der Waals surface area contributed by atoms with Crippen LogP contribution in [0.1, 0.15) is 26.7 Å². The molecule has 0 amide bonds. The van der Waals surface area contributed by atoms with E-state index < -0.39 is 0 Å². The molecule has 1 rings (SSSR count). The normalized spacial score (nSPS) is 20.2. The van der Waals surface area contributed by atoms with Crippen LogP contribution in [-0.2, 0) is 4.74 Å². The summed E-state index contributed by atoms with van der Waals surface area (Å²) in [7, 11) is 0. The van der Waals surface area contributed by atoms with Gasteiger partial charge in [-0.2, -0.15) is 0 Å². The molecule has 2 heteroatoms. The van der Waals surface area contributed by atoms with Gasteiger partial charge < -0.3 is 4.74 Å². The van der Waals surface area contributed by atoms with Gasteiger partial charge in [0.25, 0.3) is 0 Å². The van der Waals surface area contributed by atoms with E-state index in [1.165, 1.54) is 19.4 Å². The molecule has 0 bridgehead atoms. The monoisotopic (exact) mass is 171 g/mol. The molecule has 1 saturated heterocycles. The van der Waals surface area contributed by atoms with Gasteiger partial charge in [-0.25, -0.2) is 0 Å². The van der Waals surface area contributed by atoms with Gasteiger partial charge >= 0.3 is 0 Å². The van der Waals surface area contributed by atoms with Crippen LogP contribution in [0.3, 0.4) is 0 Å². The van der Waals surface area contributed by atoms with Gasteiger partial charge in [0.1, 0.15) is 0 Å². The molecule has 0 unspecified atom stereocenters. The number of morpholine rings is 1. The van der Waals surface area contributed by atoms with Gasteiger partial charge in [0.05, 0.1) is 13.2 Å². The van der Waals surface area contributed by atoms with E-state index in [1.54, 1.807) is 0 Å². The molecule has 0 N–H and O–H groups in total. The molecule has 2 nitrogen and oxygen atoms in total. The average Bonchev–Trinajstić information content (AvgIpc) is 2.16. The van der Waals surface area contributed by atoms with Crippen LogP contribution >= 0.6 is 0 Å². The molecule has 0 spiro atoms. The zero-order valence-electron chi connectivity index (χ0n) is 8.38. The Labute approximate surface area is 75.9 Å². The zero-order valence-corrected chi connectivity index (χ0v) is 8.38. The Morgan fingerprint density at radius 3 is 2.25 bits per heavy atom. The van der Waals surface area contributed by atoms with Crippen molar-refractivity contribution in [3.05, 3.63) is 0 Å².